The molecule has 0 spiro atoms. The lowest BCUT2D eigenvalue weighted by atomic mass is 10.3. The third kappa shape index (κ3) is 5.84. The molecule has 0 radical (unpaired) electrons. The van der Waals surface area contributed by atoms with E-state index >= 15 is 0 Å². The van der Waals surface area contributed by atoms with Crippen LogP contribution in [0.1, 0.15) is 6.92 Å². The number of hydrogen-bond acceptors (Lipinski definition) is 5. The Balaban J connectivity index is 0.00000264. The standard InChI is InChI=1S/C16H22N4O2.ClH.H2O/c1-4-22-15-12-14(17-10-11-19(2)3)16(21)20(18-15)13-8-6-5-7-9-13;;/h5-9,12,17H,4,10-11H2,1-3H3;1H;1H2. The molecule has 0 aliphatic carbocycles. The SMILES string of the molecule is CCOc1cc(NCCN(C)C)c(=O)n(-c2ccccc2)n1.Cl.O. The zero-order valence-corrected chi connectivity index (χ0v) is 15.0. The minimum atomic E-state index is -0.187. The van der Waals surface area contributed by atoms with Crippen LogP contribution in [0.3, 0.4) is 0 Å². The van der Waals surface area contributed by atoms with Gasteiger partial charge in [-0.25, -0.2) is 0 Å². The number of benzene rings is 1. The van der Waals surface area contributed by atoms with Crippen molar-refractivity contribution in [2.75, 3.05) is 39.1 Å². The fraction of sp³-hybridized carbons (Fsp3) is 0.375. The number of halogens is 1. The summed E-state index contributed by atoms with van der Waals surface area (Å²) in [6.45, 7) is 3.89. The smallest absolute Gasteiger partial charge is 0.295 e. The maximum atomic E-state index is 12.6. The highest BCUT2D eigenvalue weighted by molar-refractivity contribution is 5.85. The minimum Gasteiger partial charge on any atom is -0.477 e. The maximum absolute atomic E-state index is 12.6. The number of nitrogens with zero attached hydrogens (tertiary/aromatic N) is 3. The monoisotopic (exact) mass is 356 g/mol. The van der Waals surface area contributed by atoms with Crippen LogP contribution in [0.25, 0.3) is 5.69 Å². The molecule has 0 aliphatic rings. The van der Waals surface area contributed by atoms with Gasteiger partial charge in [0.2, 0.25) is 5.88 Å². The largest absolute Gasteiger partial charge is 0.477 e. The third-order valence-corrected chi connectivity index (χ3v) is 3.06. The number of para-hydroxylation sites is 1. The number of hydrogen-bond donors (Lipinski definition) is 1. The average Bonchev–Trinajstić information content (AvgIpc) is 2.51. The van der Waals surface area contributed by atoms with E-state index in [9.17, 15) is 4.79 Å². The Kier molecular flexibility index (Phi) is 9.71. The van der Waals surface area contributed by atoms with Gasteiger partial charge in [-0.15, -0.1) is 17.5 Å². The van der Waals surface area contributed by atoms with Crippen LogP contribution in [0, 0.1) is 0 Å². The summed E-state index contributed by atoms with van der Waals surface area (Å²) < 4.78 is 6.83. The van der Waals surface area contributed by atoms with Crippen LogP contribution in [-0.2, 0) is 0 Å². The Morgan fingerprint density at radius 2 is 1.92 bits per heavy atom. The molecule has 0 saturated heterocycles. The first-order valence-corrected chi connectivity index (χ1v) is 7.33. The van der Waals surface area contributed by atoms with E-state index in [1.165, 1.54) is 4.68 Å². The van der Waals surface area contributed by atoms with Gasteiger partial charge >= 0.3 is 0 Å². The molecular weight excluding hydrogens is 332 g/mol. The van der Waals surface area contributed by atoms with E-state index in [-0.39, 0.29) is 23.4 Å². The van der Waals surface area contributed by atoms with Crippen LogP contribution in [0.2, 0.25) is 0 Å². The summed E-state index contributed by atoms with van der Waals surface area (Å²) >= 11 is 0. The van der Waals surface area contributed by atoms with Crippen LogP contribution in [0.5, 0.6) is 5.88 Å². The Hall–Kier alpha value is -2.09. The number of likely N-dealkylation sites (N-methyl/N-ethyl adjacent to an activating group) is 1. The summed E-state index contributed by atoms with van der Waals surface area (Å²) in [6.07, 6.45) is 0. The van der Waals surface area contributed by atoms with E-state index in [2.05, 4.69) is 10.4 Å². The van der Waals surface area contributed by atoms with E-state index in [4.69, 9.17) is 4.74 Å². The van der Waals surface area contributed by atoms with Gasteiger partial charge in [0.15, 0.2) is 0 Å². The molecule has 0 amide bonds. The molecule has 134 valence electrons. The van der Waals surface area contributed by atoms with Gasteiger partial charge in [0.05, 0.1) is 12.3 Å². The minimum absolute atomic E-state index is 0. The topological polar surface area (TPSA) is 90.9 Å². The average molecular weight is 357 g/mol. The molecule has 8 heteroatoms. The molecule has 3 N–H and O–H groups in total. The van der Waals surface area contributed by atoms with Gasteiger partial charge in [-0.3, -0.25) is 4.79 Å². The van der Waals surface area contributed by atoms with E-state index in [0.29, 0.717) is 30.4 Å². The van der Waals surface area contributed by atoms with Crippen molar-refractivity contribution in [2.24, 2.45) is 0 Å². The lowest BCUT2D eigenvalue weighted by molar-refractivity contribution is 0.319. The second-order valence-corrected chi connectivity index (χ2v) is 5.11. The second-order valence-electron chi connectivity index (χ2n) is 5.11. The van der Waals surface area contributed by atoms with Gasteiger partial charge in [-0.05, 0) is 33.2 Å². The zero-order valence-electron chi connectivity index (χ0n) is 14.2. The summed E-state index contributed by atoms with van der Waals surface area (Å²) in [5.41, 5.74) is 1.02. The lowest BCUT2D eigenvalue weighted by Gasteiger charge is -2.14. The van der Waals surface area contributed by atoms with Gasteiger partial charge in [0.1, 0.15) is 5.69 Å². The van der Waals surface area contributed by atoms with Crippen LogP contribution >= 0.6 is 12.4 Å². The van der Waals surface area contributed by atoms with Crippen LogP contribution in [0.4, 0.5) is 5.69 Å². The molecule has 0 fully saturated rings. The summed E-state index contributed by atoms with van der Waals surface area (Å²) in [7, 11) is 3.98. The number of anilines is 1. The predicted octanol–water partition coefficient (Wildman–Crippen LogP) is 1.20. The normalized spacial score (nSPS) is 9.83. The summed E-state index contributed by atoms with van der Waals surface area (Å²) in [5.74, 6) is 0.429. The quantitative estimate of drug-likeness (QED) is 0.805. The van der Waals surface area contributed by atoms with E-state index in [1.807, 2.05) is 56.3 Å². The summed E-state index contributed by atoms with van der Waals surface area (Å²) in [4.78, 5) is 14.6. The van der Waals surface area contributed by atoms with Crippen molar-refractivity contribution in [1.82, 2.24) is 14.7 Å². The van der Waals surface area contributed by atoms with E-state index in [0.717, 1.165) is 6.54 Å². The molecule has 0 unspecified atom stereocenters. The van der Waals surface area contributed by atoms with Crippen molar-refractivity contribution in [3.05, 3.63) is 46.8 Å². The first-order valence-electron chi connectivity index (χ1n) is 7.33. The van der Waals surface area contributed by atoms with Gasteiger partial charge in [-0.1, -0.05) is 18.2 Å². The highest BCUT2D eigenvalue weighted by Crippen LogP contribution is 2.13. The molecule has 1 aromatic heterocycles. The zero-order chi connectivity index (χ0) is 15.9. The molecule has 2 aromatic rings. The Morgan fingerprint density at radius 3 is 2.50 bits per heavy atom. The predicted molar refractivity (Wildman–Crippen MR) is 98.9 cm³/mol. The van der Waals surface area contributed by atoms with Crippen molar-refractivity contribution in [1.29, 1.82) is 0 Å². The molecule has 0 bridgehead atoms. The van der Waals surface area contributed by atoms with Crippen molar-refractivity contribution in [3.8, 4) is 11.6 Å². The molecule has 7 nitrogen and oxygen atoms in total. The third-order valence-electron chi connectivity index (χ3n) is 3.06. The number of rotatable bonds is 7. The van der Waals surface area contributed by atoms with Crippen molar-refractivity contribution >= 4 is 18.1 Å². The van der Waals surface area contributed by atoms with Crippen LogP contribution in [0.15, 0.2) is 41.2 Å². The number of ether oxygens (including phenoxy) is 1. The molecule has 0 saturated carbocycles. The molecule has 1 heterocycles. The Bertz CT molecular complexity index is 662. The first-order chi connectivity index (χ1) is 10.6. The van der Waals surface area contributed by atoms with Gasteiger partial charge in [-0.2, -0.15) is 4.68 Å². The van der Waals surface area contributed by atoms with E-state index < -0.39 is 0 Å². The molecule has 2 rings (SSSR count). The van der Waals surface area contributed by atoms with Crippen molar-refractivity contribution < 1.29 is 10.2 Å². The molecule has 0 atom stereocenters. The van der Waals surface area contributed by atoms with Gasteiger partial charge in [0, 0.05) is 19.2 Å². The molecule has 0 aliphatic heterocycles. The molecule has 1 aromatic carbocycles. The lowest BCUT2D eigenvalue weighted by Crippen LogP contribution is -2.28. The second kappa shape index (κ2) is 10.6. The first kappa shape index (κ1) is 21.9. The Labute approximate surface area is 148 Å². The van der Waals surface area contributed by atoms with Crippen LogP contribution < -0.4 is 15.6 Å². The molecular formula is C16H25ClN4O3. The maximum Gasteiger partial charge on any atom is 0.295 e. The summed E-state index contributed by atoms with van der Waals surface area (Å²) in [6, 6.07) is 11.0. The van der Waals surface area contributed by atoms with Gasteiger partial charge < -0.3 is 20.4 Å². The fourth-order valence-electron chi connectivity index (χ4n) is 1.98. The highest BCUT2D eigenvalue weighted by Gasteiger charge is 2.10. The number of aromatic nitrogens is 2. The highest BCUT2D eigenvalue weighted by atomic mass is 35.5. The fourth-order valence-corrected chi connectivity index (χ4v) is 1.98. The van der Waals surface area contributed by atoms with Crippen molar-refractivity contribution in [2.45, 2.75) is 6.92 Å². The van der Waals surface area contributed by atoms with E-state index in [1.54, 1.807) is 6.07 Å². The molecule has 24 heavy (non-hydrogen) atoms. The Morgan fingerprint density at radius 1 is 1.25 bits per heavy atom. The van der Waals surface area contributed by atoms with Gasteiger partial charge in [0.25, 0.3) is 5.56 Å². The van der Waals surface area contributed by atoms with Crippen LogP contribution in [-0.4, -0.2) is 53.9 Å². The number of nitrogens with one attached hydrogen (secondary N) is 1. The van der Waals surface area contributed by atoms with Crippen molar-refractivity contribution in [3.63, 3.8) is 0 Å². The summed E-state index contributed by atoms with van der Waals surface area (Å²) in [5, 5.41) is 7.43.